The first kappa shape index (κ1) is 16.2. The van der Waals surface area contributed by atoms with Crippen LogP contribution in [0.2, 0.25) is 0 Å². The lowest BCUT2D eigenvalue weighted by atomic mass is 9.84. The second-order valence-corrected chi connectivity index (χ2v) is 6.60. The molecule has 0 amide bonds. The summed E-state index contributed by atoms with van der Waals surface area (Å²) in [4.78, 5) is 5.25. The normalized spacial score (nSPS) is 30.1. The molecule has 2 aliphatic rings. The van der Waals surface area contributed by atoms with E-state index < -0.39 is 0 Å². The number of ether oxygens (including phenoxy) is 1. The van der Waals surface area contributed by atoms with Gasteiger partial charge in [0.2, 0.25) is 0 Å². The Labute approximate surface area is 124 Å². The van der Waals surface area contributed by atoms with Gasteiger partial charge >= 0.3 is 0 Å². The van der Waals surface area contributed by atoms with Crippen molar-refractivity contribution in [1.29, 1.82) is 0 Å². The van der Waals surface area contributed by atoms with Crippen LogP contribution in [0.15, 0.2) is 0 Å². The van der Waals surface area contributed by atoms with Gasteiger partial charge in [-0.2, -0.15) is 0 Å². The second-order valence-electron chi connectivity index (χ2n) is 6.60. The van der Waals surface area contributed by atoms with Crippen molar-refractivity contribution in [2.45, 2.75) is 44.7 Å². The minimum atomic E-state index is 0.484. The molecule has 4 heteroatoms. The van der Waals surface area contributed by atoms with Gasteiger partial charge in [0.15, 0.2) is 0 Å². The minimum Gasteiger partial charge on any atom is -0.383 e. The van der Waals surface area contributed by atoms with Gasteiger partial charge in [-0.1, -0.05) is 6.92 Å². The average molecular weight is 283 g/mol. The smallest absolute Gasteiger partial charge is 0.0628 e. The quantitative estimate of drug-likeness (QED) is 0.765. The summed E-state index contributed by atoms with van der Waals surface area (Å²) in [5.41, 5.74) is 0. The predicted molar refractivity (Wildman–Crippen MR) is 84.2 cm³/mol. The van der Waals surface area contributed by atoms with E-state index >= 15 is 0 Å². The van der Waals surface area contributed by atoms with E-state index in [0.717, 1.165) is 31.7 Å². The zero-order valence-corrected chi connectivity index (χ0v) is 13.6. The number of rotatable bonds is 7. The third-order valence-electron chi connectivity index (χ3n) is 4.96. The molecule has 4 nitrogen and oxygen atoms in total. The Kier molecular flexibility index (Phi) is 6.75. The lowest BCUT2D eigenvalue weighted by Crippen LogP contribution is -2.55. The van der Waals surface area contributed by atoms with Crippen LogP contribution in [0.25, 0.3) is 0 Å². The van der Waals surface area contributed by atoms with Crippen LogP contribution in [0.3, 0.4) is 0 Å². The lowest BCUT2D eigenvalue weighted by Gasteiger charge is -2.46. The maximum atomic E-state index is 5.37. The molecule has 3 unspecified atom stereocenters. The van der Waals surface area contributed by atoms with Crippen molar-refractivity contribution >= 4 is 0 Å². The molecule has 0 aromatic heterocycles. The molecular weight excluding hydrogens is 250 g/mol. The fraction of sp³-hybridized carbons (Fsp3) is 1.00. The number of piperidine rings is 2. The summed E-state index contributed by atoms with van der Waals surface area (Å²) in [5.74, 6) is 0.886. The molecule has 3 atom stereocenters. The molecular formula is C16H33N3O. The van der Waals surface area contributed by atoms with Crippen LogP contribution in [0.1, 0.15) is 32.6 Å². The fourth-order valence-corrected chi connectivity index (χ4v) is 3.93. The first-order valence-corrected chi connectivity index (χ1v) is 8.39. The van der Waals surface area contributed by atoms with Crippen molar-refractivity contribution < 1.29 is 4.74 Å². The van der Waals surface area contributed by atoms with Gasteiger partial charge in [-0.25, -0.2) is 0 Å². The molecule has 1 N–H and O–H groups in total. The van der Waals surface area contributed by atoms with Crippen LogP contribution in [0.5, 0.6) is 0 Å². The number of hydrogen-bond acceptors (Lipinski definition) is 4. The number of fused-ring (bicyclic) bond motifs is 1. The largest absolute Gasteiger partial charge is 0.383 e. The summed E-state index contributed by atoms with van der Waals surface area (Å²) in [7, 11) is 4.12. The third-order valence-corrected chi connectivity index (χ3v) is 4.96. The summed E-state index contributed by atoms with van der Waals surface area (Å²) >= 11 is 0. The molecule has 0 spiro atoms. The number of likely N-dealkylation sites (tertiary alicyclic amines) is 2. The van der Waals surface area contributed by atoms with Crippen molar-refractivity contribution in [3.8, 4) is 0 Å². The molecule has 118 valence electrons. The Bertz CT molecular complexity index is 274. The molecule has 0 radical (unpaired) electrons. The third kappa shape index (κ3) is 4.42. The predicted octanol–water partition coefficient (Wildman–Crippen LogP) is 1.42. The maximum absolute atomic E-state index is 5.37. The minimum absolute atomic E-state index is 0.484. The number of hydrogen-bond donors (Lipinski definition) is 1. The van der Waals surface area contributed by atoms with Gasteiger partial charge in [-0.3, -0.25) is 0 Å². The van der Waals surface area contributed by atoms with E-state index in [1.165, 1.54) is 45.3 Å². The number of nitrogens with zero attached hydrogens (tertiary/aromatic N) is 2. The average Bonchev–Trinajstić information content (AvgIpc) is 2.45. The molecule has 2 saturated heterocycles. The molecule has 20 heavy (non-hydrogen) atoms. The highest BCUT2D eigenvalue weighted by molar-refractivity contribution is 4.90. The van der Waals surface area contributed by atoms with Gasteiger partial charge in [0, 0.05) is 32.3 Å². The monoisotopic (exact) mass is 283 g/mol. The number of nitrogens with one attached hydrogen (secondary N) is 1. The van der Waals surface area contributed by atoms with Crippen molar-refractivity contribution in [2.75, 3.05) is 53.5 Å². The first-order valence-electron chi connectivity index (χ1n) is 8.39. The Morgan fingerprint density at radius 2 is 2.15 bits per heavy atom. The van der Waals surface area contributed by atoms with Crippen molar-refractivity contribution in [2.24, 2.45) is 5.92 Å². The maximum Gasteiger partial charge on any atom is 0.0628 e. The van der Waals surface area contributed by atoms with Crippen molar-refractivity contribution in [3.05, 3.63) is 0 Å². The summed E-state index contributed by atoms with van der Waals surface area (Å²) in [6.07, 6.45) is 5.33. The van der Waals surface area contributed by atoms with Crippen molar-refractivity contribution in [3.63, 3.8) is 0 Å². The summed E-state index contributed by atoms with van der Waals surface area (Å²) in [6, 6.07) is 1.32. The van der Waals surface area contributed by atoms with E-state index in [4.69, 9.17) is 4.74 Å². The van der Waals surface area contributed by atoms with Gasteiger partial charge in [-0.15, -0.1) is 0 Å². The van der Waals surface area contributed by atoms with Crippen LogP contribution in [-0.4, -0.2) is 75.4 Å². The van der Waals surface area contributed by atoms with E-state index in [-0.39, 0.29) is 0 Å². The van der Waals surface area contributed by atoms with Gasteiger partial charge in [0.05, 0.1) is 6.61 Å². The highest BCUT2D eigenvalue weighted by atomic mass is 16.5. The van der Waals surface area contributed by atoms with Crippen LogP contribution < -0.4 is 5.32 Å². The molecule has 2 rings (SSSR count). The van der Waals surface area contributed by atoms with Gasteiger partial charge in [0.1, 0.15) is 0 Å². The molecule has 0 aromatic carbocycles. The Hall–Kier alpha value is -0.160. The van der Waals surface area contributed by atoms with E-state index in [9.17, 15) is 0 Å². The lowest BCUT2D eigenvalue weighted by molar-refractivity contribution is 0.0297. The first-order chi connectivity index (χ1) is 9.74. The molecule has 2 fully saturated rings. The van der Waals surface area contributed by atoms with Crippen molar-refractivity contribution in [1.82, 2.24) is 15.1 Å². The number of methoxy groups -OCH3 is 1. The highest BCUT2D eigenvalue weighted by Crippen LogP contribution is 2.29. The van der Waals surface area contributed by atoms with Gasteiger partial charge in [-0.05, 0) is 58.3 Å². The van der Waals surface area contributed by atoms with E-state index in [2.05, 4.69) is 29.1 Å². The highest BCUT2D eigenvalue weighted by Gasteiger charge is 2.34. The molecule has 2 heterocycles. The molecule has 0 aromatic rings. The second kappa shape index (κ2) is 8.32. The zero-order valence-electron chi connectivity index (χ0n) is 13.6. The topological polar surface area (TPSA) is 27.7 Å². The SMILES string of the molecule is CCCNC(COC)CN1CCC2C(CCCN2C)C1. The molecule has 0 saturated carbocycles. The summed E-state index contributed by atoms with van der Waals surface area (Å²) in [6.45, 7) is 9.11. The van der Waals surface area contributed by atoms with Crippen LogP contribution >= 0.6 is 0 Å². The fourth-order valence-electron chi connectivity index (χ4n) is 3.93. The Morgan fingerprint density at radius 1 is 1.30 bits per heavy atom. The van der Waals surface area contributed by atoms with Gasteiger partial charge in [0.25, 0.3) is 0 Å². The summed E-state index contributed by atoms with van der Waals surface area (Å²) in [5, 5.41) is 3.62. The van der Waals surface area contributed by atoms with E-state index in [1.54, 1.807) is 0 Å². The van der Waals surface area contributed by atoms with Crippen LogP contribution in [0, 0.1) is 5.92 Å². The Balaban J connectivity index is 1.80. The standard InChI is InChI=1S/C16H33N3O/c1-4-8-17-15(13-20-3)12-19-10-7-16-14(11-19)6-5-9-18(16)2/h14-17H,4-13H2,1-3H3. The van der Waals surface area contributed by atoms with E-state index in [0.29, 0.717) is 6.04 Å². The molecule has 0 bridgehead atoms. The van der Waals surface area contributed by atoms with Crippen LogP contribution in [-0.2, 0) is 4.74 Å². The van der Waals surface area contributed by atoms with Crippen LogP contribution in [0.4, 0.5) is 0 Å². The molecule has 0 aliphatic carbocycles. The Morgan fingerprint density at radius 3 is 2.90 bits per heavy atom. The molecule has 2 aliphatic heterocycles. The summed E-state index contributed by atoms with van der Waals surface area (Å²) < 4.78 is 5.37. The van der Waals surface area contributed by atoms with Gasteiger partial charge < -0.3 is 19.9 Å². The van der Waals surface area contributed by atoms with E-state index in [1.807, 2.05) is 7.11 Å². The zero-order chi connectivity index (χ0) is 14.4.